The highest BCUT2D eigenvalue weighted by Gasteiger charge is 2.29. The summed E-state index contributed by atoms with van der Waals surface area (Å²) in [7, 11) is 0. The van der Waals surface area contributed by atoms with E-state index in [2.05, 4.69) is 5.10 Å². The van der Waals surface area contributed by atoms with Gasteiger partial charge in [-0.25, -0.2) is 0 Å². The SMILES string of the molecule is O=[N+]([O-])c1cnn(C[C@@H](O)Cc2ccc(C(F)(F)F)cc2)c1. The van der Waals surface area contributed by atoms with Crippen LogP contribution in [0.15, 0.2) is 36.7 Å². The van der Waals surface area contributed by atoms with Gasteiger partial charge in [0.25, 0.3) is 0 Å². The van der Waals surface area contributed by atoms with E-state index in [9.17, 15) is 28.4 Å². The maximum Gasteiger partial charge on any atom is 0.416 e. The number of benzene rings is 1. The molecule has 0 saturated heterocycles. The van der Waals surface area contributed by atoms with E-state index in [0.717, 1.165) is 18.3 Å². The van der Waals surface area contributed by atoms with E-state index in [1.54, 1.807) is 0 Å². The molecule has 0 fully saturated rings. The van der Waals surface area contributed by atoms with Crippen molar-refractivity contribution in [3.63, 3.8) is 0 Å². The van der Waals surface area contributed by atoms with Crippen molar-refractivity contribution in [2.45, 2.75) is 25.2 Å². The molecule has 1 N–H and O–H groups in total. The number of hydrogen-bond donors (Lipinski definition) is 1. The van der Waals surface area contributed by atoms with Gasteiger partial charge in [-0.3, -0.25) is 14.8 Å². The van der Waals surface area contributed by atoms with Crippen molar-refractivity contribution in [3.05, 3.63) is 57.9 Å². The Bertz CT molecular complexity index is 653. The van der Waals surface area contributed by atoms with E-state index in [1.807, 2.05) is 0 Å². The summed E-state index contributed by atoms with van der Waals surface area (Å²) >= 11 is 0. The fraction of sp³-hybridized carbons (Fsp3) is 0.308. The number of aliphatic hydroxyl groups excluding tert-OH is 1. The maximum absolute atomic E-state index is 12.4. The van der Waals surface area contributed by atoms with Crippen molar-refractivity contribution in [1.82, 2.24) is 9.78 Å². The second-order valence-corrected chi connectivity index (χ2v) is 4.73. The first-order valence-corrected chi connectivity index (χ1v) is 6.27. The van der Waals surface area contributed by atoms with Crippen LogP contribution in [0, 0.1) is 10.1 Å². The Balaban J connectivity index is 1.96. The molecule has 0 aliphatic rings. The molecule has 1 heterocycles. The van der Waals surface area contributed by atoms with Crippen molar-refractivity contribution in [2.75, 3.05) is 0 Å². The number of aliphatic hydroxyl groups is 1. The van der Waals surface area contributed by atoms with Crippen LogP contribution >= 0.6 is 0 Å². The molecule has 118 valence electrons. The molecule has 0 aliphatic carbocycles. The van der Waals surface area contributed by atoms with E-state index in [4.69, 9.17) is 0 Å². The van der Waals surface area contributed by atoms with Crippen LogP contribution in [-0.4, -0.2) is 25.9 Å². The maximum atomic E-state index is 12.4. The van der Waals surface area contributed by atoms with Gasteiger partial charge in [-0.1, -0.05) is 12.1 Å². The predicted octanol–water partition coefficient (Wildman–Crippen LogP) is 2.41. The fourth-order valence-electron chi connectivity index (χ4n) is 1.93. The van der Waals surface area contributed by atoms with Gasteiger partial charge >= 0.3 is 11.9 Å². The largest absolute Gasteiger partial charge is 0.416 e. The van der Waals surface area contributed by atoms with E-state index in [1.165, 1.54) is 23.0 Å². The second-order valence-electron chi connectivity index (χ2n) is 4.73. The zero-order valence-corrected chi connectivity index (χ0v) is 11.2. The Morgan fingerprint density at radius 3 is 2.45 bits per heavy atom. The molecule has 2 aromatic rings. The van der Waals surface area contributed by atoms with E-state index < -0.39 is 22.8 Å². The number of aromatic nitrogens is 2. The highest BCUT2D eigenvalue weighted by atomic mass is 19.4. The lowest BCUT2D eigenvalue weighted by molar-refractivity contribution is -0.385. The number of nitro groups is 1. The van der Waals surface area contributed by atoms with Gasteiger partial charge in [0, 0.05) is 6.42 Å². The molecule has 0 radical (unpaired) electrons. The first-order valence-electron chi connectivity index (χ1n) is 6.27. The fourth-order valence-corrected chi connectivity index (χ4v) is 1.93. The number of alkyl halides is 3. The zero-order valence-electron chi connectivity index (χ0n) is 11.2. The lowest BCUT2D eigenvalue weighted by atomic mass is 10.1. The van der Waals surface area contributed by atoms with Crippen molar-refractivity contribution in [3.8, 4) is 0 Å². The van der Waals surface area contributed by atoms with Crippen LogP contribution in [0.2, 0.25) is 0 Å². The molecule has 0 spiro atoms. The van der Waals surface area contributed by atoms with Gasteiger partial charge in [0.1, 0.15) is 12.4 Å². The summed E-state index contributed by atoms with van der Waals surface area (Å²) in [6.45, 7) is 0.00879. The number of rotatable bonds is 5. The van der Waals surface area contributed by atoms with Gasteiger partial charge in [0.05, 0.1) is 23.1 Å². The normalized spacial score (nSPS) is 13.1. The van der Waals surface area contributed by atoms with Crippen LogP contribution in [0.4, 0.5) is 18.9 Å². The van der Waals surface area contributed by atoms with Crippen molar-refractivity contribution in [1.29, 1.82) is 0 Å². The molecular formula is C13H12F3N3O3. The van der Waals surface area contributed by atoms with Crippen LogP contribution in [-0.2, 0) is 19.1 Å². The third-order valence-electron chi connectivity index (χ3n) is 2.98. The summed E-state index contributed by atoms with van der Waals surface area (Å²) in [5, 5.41) is 24.1. The highest BCUT2D eigenvalue weighted by Crippen LogP contribution is 2.29. The molecule has 9 heteroatoms. The molecule has 0 unspecified atom stereocenters. The van der Waals surface area contributed by atoms with Crippen LogP contribution in [0.1, 0.15) is 11.1 Å². The minimum atomic E-state index is -4.40. The molecule has 6 nitrogen and oxygen atoms in total. The van der Waals surface area contributed by atoms with E-state index in [0.29, 0.717) is 5.56 Å². The molecular weight excluding hydrogens is 303 g/mol. The first-order chi connectivity index (χ1) is 10.3. The minimum absolute atomic E-state index is 0.00879. The highest BCUT2D eigenvalue weighted by molar-refractivity contribution is 5.25. The summed E-state index contributed by atoms with van der Waals surface area (Å²) in [6, 6.07) is 4.47. The molecule has 0 aliphatic heterocycles. The average Bonchev–Trinajstić information content (AvgIpc) is 2.86. The molecule has 1 atom stereocenters. The Kier molecular flexibility index (Phi) is 4.45. The standard InChI is InChI=1S/C13H12F3N3O3/c14-13(15,16)10-3-1-9(2-4-10)5-12(20)8-18-7-11(6-17-18)19(21)22/h1-4,6-7,12,20H,5,8H2/t12-/m0/s1. The van der Waals surface area contributed by atoms with Gasteiger partial charge in [-0.05, 0) is 17.7 Å². The number of hydrogen-bond acceptors (Lipinski definition) is 4. The van der Waals surface area contributed by atoms with Gasteiger partial charge < -0.3 is 5.11 Å². The lowest BCUT2D eigenvalue weighted by Crippen LogP contribution is -2.19. The summed E-state index contributed by atoms with van der Waals surface area (Å²) in [5.41, 5.74) is -0.419. The first kappa shape index (κ1) is 16.0. The molecule has 2 rings (SSSR count). The minimum Gasteiger partial charge on any atom is -0.391 e. The smallest absolute Gasteiger partial charge is 0.391 e. The summed E-state index contributed by atoms with van der Waals surface area (Å²) in [6.07, 6.45) is -2.96. The molecule has 1 aromatic heterocycles. The Morgan fingerprint density at radius 1 is 1.32 bits per heavy atom. The summed E-state index contributed by atoms with van der Waals surface area (Å²) < 4.78 is 38.5. The number of nitrogens with zero attached hydrogens (tertiary/aromatic N) is 3. The van der Waals surface area contributed by atoms with Gasteiger partial charge in [0.2, 0.25) is 0 Å². The van der Waals surface area contributed by atoms with Crippen molar-refractivity contribution in [2.24, 2.45) is 0 Å². The van der Waals surface area contributed by atoms with Crippen LogP contribution in [0.25, 0.3) is 0 Å². The Labute approximate surface area is 122 Å². The van der Waals surface area contributed by atoms with Gasteiger partial charge in [-0.15, -0.1) is 0 Å². The number of halogens is 3. The lowest BCUT2D eigenvalue weighted by Gasteiger charge is -2.12. The monoisotopic (exact) mass is 315 g/mol. The Hall–Kier alpha value is -2.42. The predicted molar refractivity (Wildman–Crippen MR) is 70.0 cm³/mol. The third-order valence-corrected chi connectivity index (χ3v) is 2.98. The molecule has 0 saturated carbocycles. The Morgan fingerprint density at radius 2 is 1.95 bits per heavy atom. The topological polar surface area (TPSA) is 81.2 Å². The summed E-state index contributed by atoms with van der Waals surface area (Å²) in [5.74, 6) is 0. The molecule has 0 amide bonds. The second kappa shape index (κ2) is 6.14. The van der Waals surface area contributed by atoms with Crippen molar-refractivity contribution >= 4 is 5.69 Å². The third kappa shape index (κ3) is 4.04. The quantitative estimate of drug-likeness (QED) is 0.678. The zero-order chi connectivity index (χ0) is 16.3. The van der Waals surface area contributed by atoms with Gasteiger partial charge in [0.15, 0.2) is 0 Å². The molecule has 22 heavy (non-hydrogen) atoms. The average molecular weight is 315 g/mol. The van der Waals surface area contributed by atoms with Gasteiger partial charge in [-0.2, -0.15) is 18.3 Å². The van der Waals surface area contributed by atoms with E-state index in [-0.39, 0.29) is 18.7 Å². The summed E-state index contributed by atoms with van der Waals surface area (Å²) in [4.78, 5) is 9.90. The van der Waals surface area contributed by atoms with E-state index >= 15 is 0 Å². The van der Waals surface area contributed by atoms with Crippen molar-refractivity contribution < 1.29 is 23.2 Å². The molecule has 1 aromatic carbocycles. The van der Waals surface area contributed by atoms with Crippen LogP contribution in [0.3, 0.4) is 0 Å². The molecule has 0 bridgehead atoms. The van der Waals surface area contributed by atoms with Crippen LogP contribution < -0.4 is 0 Å². The van der Waals surface area contributed by atoms with Crippen LogP contribution in [0.5, 0.6) is 0 Å².